The molecule has 3 aromatic rings. The summed E-state index contributed by atoms with van der Waals surface area (Å²) in [5.74, 6) is 0.972. The van der Waals surface area contributed by atoms with Crippen molar-refractivity contribution in [3.05, 3.63) is 58.4 Å². The lowest BCUT2D eigenvalue weighted by atomic mass is 9.86. The molecular weight excluding hydrogens is 382 g/mol. The molecule has 4 nitrogen and oxygen atoms in total. The zero-order valence-corrected chi connectivity index (χ0v) is 17.9. The van der Waals surface area contributed by atoms with Crippen LogP contribution in [0, 0.1) is 0 Å². The van der Waals surface area contributed by atoms with Crippen LogP contribution in [0.5, 0.6) is 0 Å². The van der Waals surface area contributed by atoms with Crippen molar-refractivity contribution in [1.82, 2.24) is 9.97 Å². The van der Waals surface area contributed by atoms with E-state index >= 15 is 0 Å². The van der Waals surface area contributed by atoms with Gasteiger partial charge in [-0.05, 0) is 61.7 Å². The van der Waals surface area contributed by atoms with Crippen LogP contribution in [0.2, 0.25) is 5.02 Å². The number of nitrogens with one attached hydrogen (secondary N) is 1. The summed E-state index contributed by atoms with van der Waals surface area (Å²) < 4.78 is 0. The fraction of sp³-hybridized carbons (Fsp3) is 0.333. The lowest BCUT2D eigenvalue weighted by molar-refractivity contribution is -0.122. The average molecular weight is 408 g/mol. The van der Waals surface area contributed by atoms with Gasteiger partial charge in [-0.25, -0.2) is 4.98 Å². The maximum atomic E-state index is 13.0. The number of unbranched alkanes of at least 4 members (excludes halogenated alkanes) is 2. The topological polar surface area (TPSA) is 49.0 Å². The SMILES string of the molecule is CCCCCN1C(=O)C(C)(C)c2cc3[nH]c(C=Cc4ccc(Cl)cc4)nc3cc21. The van der Waals surface area contributed by atoms with Gasteiger partial charge in [0.1, 0.15) is 5.82 Å². The van der Waals surface area contributed by atoms with Gasteiger partial charge in [-0.2, -0.15) is 0 Å². The Morgan fingerprint density at radius 2 is 1.90 bits per heavy atom. The Hall–Kier alpha value is -2.59. The second-order valence-corrected chi connectivity index (χ2v) is 8.62. The van der Waals surface area contributed by atoms with E-state index in [-0.39, 0.29) is 5.91 Å². The van der Waals surface area contributed by atoms with E-state index in [2.05, 4.69) is 24.0 Å². The number of rotatable bonds is 6. The Morgan fingerprint density at radius 3 is 2.62 bits per heavy atom. The average Bonchev–Trinajstić information content (AvgIpc) is 3.18. The Kier molecular flexibility index (Phi) is 5.22. The second-order valence-electron chi connectivity index (χ2n) is 8.18. The first-order valence-electron chi connectivity index (χ1n) is 10.2. The van der Waals surface area contributed by atoms with Crippen LogP contribution in [0.3, 0.4) is 0 Å². The molecule has 1 N–H and O–H groups in total. The van der Waals surface area contributed by atoms with Gasteiger partial charge in [-0.15, -0.1) is 0 Å². The number of anilines is 1. The van der Waals surface area contributed by atoms with Gasteiger partial charge in [0, 0.05) is 11.6 Å². The first kappa shape index (κ1) is 19.7. The van der Waals surface area contributed by atoms with Crippen LogP contribution in [0.15, 0.2) is 36.4 Å². The van der Waals surface area contributed by atoms with Crippen LogP contribution in [-0.2, 0) is 10.2 Å². The molecule has 0 radical (unpaired) electrons. The molecule has 0 unspecified atom stereocenters. The van der Waals surface area contributed by atoms with Crippen molar-refractivity contribution in [3.63, 3.8) is 0 Å². The minimum Gasteiger partial charge on any atom is -0.338 e. The summed E-state index contributed by atoms with van der Waals surface area (Å²) in [5.41, 5.74) is 4.46. The van der Waals surface area contributed by atoms with Crippen LogP contribution >= 0.6 is 11.6 Å². The van der Waals surface area contributed by atoms with Gasteiger partial charge in [0.15, 0.2) is 0 Å². The fourth-order valence-electron chi connectivity index (χ4n) is 3.92. The van der Waals surface area contributed by atoms with E-state index in [1.807, 2.05) is 55.2 Å². The summed E-state index contributed by atoms with van der Waals surface area (Å²) in [4.78, 5) is 23.0. The van der Waals surface area contributed by atoms with E-state index in [0.29, 0.717) is 0 Å². The highest BCUT2D eigenvalue weighted by molar-refractivity contribution is 6.30. The summed E-state index contributed by atoms with van der Waals surface area (Å²) in [7, 11) is 0. The zero-order valence-electron chi connectivity index (χ0n) is 17.1. The van der Waals surface area contributed by atoms with E-state index < -0.39 is 5.41 Å². The van der Waals surface area contributed by atoms with Crippen molar-refractivity contribution >= 4 is 46.4 Å². The quantitative estimate of drug-likeness (QED) is 0.494. The number of fused-ring (bicyclic) bond motifs is 2. The predicted molar refractivity (Wildman–Crippen MR) is 121 cm³/mol. The normalized spacial score (nSPS) is 15.6. The number of nitrogens with zero attached hydrogens (tertiary/aromatic N) is 2. The van der Waals surface area contributed by atoms with Crippen LogP contribution < -0.4 is 4.90 Å². The molecule has 0 saturated heterocycles. The second kappa shape index (κ2) is 7.68. The minimum absolute atomic E-state index is 0.180. The number of carbonyl (C=O) groups excluding carboxylic acids is 1. The third-order valence-corrected chi connectivity index (χ3v) is 5.90. The number of H-pyrrole nitrogens is 1. The summed E-state index contributed by atoms with van der Waals surface area (Å²) >= 11 is 5.95. The maximum Gasteiger partial charge on any atom is 0.237 e. The highest BCUT2D eigenvalue weighted by atomic mass is 35.5. The van der Waals surface area contributed by atoms with E-state index in [1.54, 1.807) is 0 Å². The Balaban J connectivity index is 1.67. The molecule has 2 aromatic carbocycles. The molecule has 0 bridgehead atoms. The van der Waals surface area contributed by atoms with Gasteiger partial charge in [-0.1, -0.05) is 49.6 Å². The highest BCUT2D eigenvalue weighted by Gasteiger charge is 2.43. The monoisotopic (exact) mass is 407 g/mol. The molecule has 0 spiro atoms. The number of amides is 1. The molecule has 2 heterocycles. The molecule has 150 valence electrons. The van der Waals surface area contributed by atoms with Gasteiger partial charge >= 0.3 is 0 Å². The Bertz CT molecular complexity index is 1080. The van der Waals surface area contributed by atoms with Crippen molar-refractivity contribution in [1.29, 1.82) is 0 Å². The molecule has 0 saturated carbocycles. The molecule has 5 heteroatoms. The fourth-order valence-corrected chi connectivity index (χ4v) is 4.05. The molecule has 1 aliphatic heterocycles. The summed E-state index contributed by atoms with van der Waals surface area (Å²) in [6, 6.07) is 11.8. The molecule has 1 amide bonds. The van der Waals surface area contributed by atoms with Gasteiger partial charge in [0.05, 0.1) is 22.1 Å². The summed E-state index contributed by atoms with van der Waals surface area (Å²) in [6.07, 6.45) is 7.26. The lowest BCUT2D eigenvalue weighted by Gasteiger charge is -2.20. The number of benzene rings is 2. The molecule has 29 heavy (non-hydrogen) atoms. The molecular formula is C24H26ClN3O. The van der Waals surface area contributed by atoms with E-state index in [4.69, 9.17) is 16.6 Å². The number of halogens is 1. The van der Waals surface area contributed by atoms with Gasteiger partial charge in [-0.3, -0.25) is 4.79 Å². The van der Waals surface area contributed by atoms with Gasteiger partial charge < -0.3 is 9.88 Å². The van der Waals surface area contributed by atoms with Crippen molar-refractivity contribution in [2.45, 2.75) is 45.4 Å². The van der Waals surface area contributed by atoms with Crippen LogP contribution in [-0.4, -0.2) is 22.4 Å². The number of hydrogen-bond donors (Lipinski definition) is 1. The third-order valence-electron chi connectivity index (χ3n) is 5.65. The van der Waals surface area contributed by atoms with Crippen LogP contribution in [0.4, 0.5) is 5.69 Å². The summed E-state index contributed by atoms with van der Waals surface area (Å²) in [5, 5.41) is 0.723. The number of hydrogen-bond acceptors (Lipinski definition) is 2. The summed E-state index contributed by atoms with van der Waals surface area (Å²) in [6.45, 7) is 6.97. The molecule has 4 rings (SSSR count). The van der Waals surface area contributed by atoms with E-state index in [9.17, 15) is 4.79 Å². The number of aromatic amines is 1. The Morgan fingerprint density at radius 1 is 1.14 bits per heavy atom. The Labute approximate surface area is 176 Å². The zero-order chi connectivity index (χ0) is 20.6. The van der Waals surface area contributed by atoms with Gasteiger partial charge in [0.2, 0.25) is 5.91 Å². The number of aromatic nitrogens is 2. The van der Waals surface area contributed by atoms with Gasteiger partial charge in [0.25, 0.3) is 0 Å². The number of carbonyl (C=O) groups is 1. The van der Waals surface area contributed by atoms with Crippen LogP contribution in [0.25, 0.3) is 23.2 Å². The lowest BCUT2D eigenvalue weighted by Crippen LogP contribution is -2.36. The molecule has 1 aromatic heterocycles. The number of imidazole rings is 1. The van der Waals surface area contributed by atoms with E-state index in [1.165, 1.54) is 0 Å². The van der Waals surface area contributed by atoms with Crippen molar-refractivity contribution < 1.29 is 4.79 Å². The minimum atomic E-state index is -0.514. The van der Waals surface area contributed by atoms with Crippen molar-refractivity contribution in [2.24, 2.45) is 0 Å². The standard InChI is InChI=1S/C24H26ClN3O/c1-4-5-6-13-28-21-15-20-19(14-18(21)24(2,3)23(28)29)26-22(27-20)12-9-16-7-10-17(25)11-8-16/h7-12,14-15H,4-6,13H2,1-3H3,(H,26,27). The van der Waals surface area contributed by atoms with Crippen molar-refractivity contribution in [2.75, 3.05) is 11.4 Å². The maximum absolute atomic E-state index is 13.0. The van der Waals surface area contributed by atoms with E-state index in [0.717, 1.165) is 64.5 Å². The van der Waals surface area contributed by atoms with Crippen molar-refractivity contribution in [3.8, 4) is 0 Å². The highest BCUT2D eigenvalue weighted by Crippen LogP contribution is 2.43. The van der Waals surface area contributed by atoms with Crippen LogP contribution in [0.1, 0.15) is 57.0 Å². The smallest absolute Gasteiger partial charge is 0.237 e. The first-order valence-corrected chi connectivity index (χ1v) is 10.6. The third kappa shape index (κ3) is 3.69. The molecule has 0 atom stereocenters. The largest absolute Gasteiger partial charge is 0.338 e. The molecule has 1 aliphatic rings. The molecule has 0 fully saturated rings. The first-order chi connectivity index (χ1) is 13.9. The predicted octanol–water partition coefficient (Wildman–Crippen LogP) is 6.20. The molecule has 0 aliphatic carbocycles.